The summed E-state index contributed by atoms with van der Waals surface area (Å²) in [7, 11) is 0. The number of nitrogens with one attached hydrogen (secondary N) is 1. The number of fused-ring (bicyclic) bond motifs is 1. The SMILES string of the molecule is Cc1noc(-c2c(NC(=O)C3=CCCC3)sc3c2CCOC3)n1.O=C(O)O. The molecule has 27 heavy (non-hydrogen) atoms. The molecule has 0 saturated carbocycles. The van der Waals surface area contributed by atoms with Gasteiger partial charge in [0.15, 0.2) is 5.82 Å². The predicted octanol–water partition coefficient (Wildman–Crippen LogP) is 3.45. The number of aryl methyl sites for hydroxylation is 1. The van der Waals surface area contributed by atoms with E-state index in [1.165, 1.54) is 0 Å². The number of aromatic nitrogens is 2. The Balaban J connectivity index is 0.000000481. The van der Waals surface area contributed by atoms with Gasteiger partial charge in [0.2, 0.25) is 0 Å². The number of ether oxygens (including phenoxy) is 1. The lowest BCUT2D eigenvalue weighted by Crippen LogP contribution is -2.13. The number of rotatable bonds is 3. The van der Waals surface area contributed by atoms with Gasteiger partial charge in [0.25, 0.3) is 11.8 Å². The van der Waals surface area contributed by atoms with Gasteiger partial charge in [-0.2, -0.15) is 4.98 Å². The second kappa shape index (κ2) is 8.31. The van der Waals surface area contributed by atoms with Crippen LogP contribution >= 0.6 is 11.3 Å². The van der Waals surface area contributed by atoms with Gasteiger partial charge >= 0.3 is 6.16 Å². The molecule has 9 nitrogen and oxygen atoms in total. The molecule has 0 unspecified atom stereocenters. The smallest absolute Gasteiger partial charge is 0.450 e. The molecule has 0 saturated heterocycles. The maximum atomic E-state index is 12.4. The summed E-state index contributed by atoms with van der Waals surface area (Å²) in [6.07, 6.45) is 3.85. The minimum absolute atomic E-state index is 0.0282. The van der Waals surface area contributed by atoms with Crippen LogP contribution in [-0.2, 0) is 22.6 Å². The molecule has 144 valence electrons. The van der Waals surface area contributed by atoms with Crippen LogP contribution in [0.3, 0.4) is 0 Å². The van der Waals surface area contributed by atoms with Gasteiger partial charge in [-0.25, -0.2) is 4.79 Å². The van der Waals surface area contributed by atoms with Crippen LogP contribution in [0.1, 0.15) is 35.5 Å². The van der Waals surface area contributed by atoms with E-state index in [9.17, 15) is 4.79 Å². The zero-order chi connectivity index (χ0) is 19.4. The van der Waals surface area contributed by atoms with Crippen LogP contribution in [0.2, 0.25) is 0 Å². The van der Waals surface area contributed by atoms with Crippen LogP contribution in [0.15, 0.2) is 16.2 Å². The molecule has 0 spiro atoms. The van der Waals surface area contributed by atoms with Gasteiger partial charge in [-0.15, -0.1) is 11.3 Å². The molecule has 2 aromatic heterocycles. The van der Waals surface area contributed by atoms with Crippen molar-refractivity contribution in [2.75, 3.05) is 11.9 Å². The molecule has 0 bridgehead atoms. The number of carboxylic acid groups (broad SMARTS) is 2. The van der Waals surface area contributed by atoms with E-state index in [0.29, 0.717) is 24.9 Å². The third kappa shape index (κ3) is 4.52. The maximum Gasteiger partial charge on any atom is 0.503 e. The first-order valence-electron chi connectivity index (χ1n) is 8.41. The molecule has 0 radical (unpaired) electrons. The topological polar surface area (TPSA) is 135 Å². The molecule has 2 aliphatic rings. The molecule has 1 amide bonds. The van der Waals surface area contributed by atoms with Gasteiger partial charge in [-0.3, -0.25) is 4.79 Å². The molecule has 0 atom stereocenters. The number of hydrogen-bond acceptors (Lipinski definition) is 7. The Morgan fingerprint density at radius 1 is 1.30 bits per heavy atom. The van der Waals surface area contributed by atoms with E-state index in [4.69, 9.17) is 24.3 Å². The second-order valence-electron chi connectivity index (χ2n) is 6.02. The Labute approximate surface area is 158 Å². The summed E-state index contributed by atoms with van der Waals surface area (Å²) in [5, 5.41) is 21.7. The van der Waals surface area contributed by atoms with E-state index in [-0.39, 0.29) is 5.91 Å². The van der Waals surface area contributed by atoms with Gasteiger partial charge in [-0.05, 0) is 38.2 Å². The third-order valence-corrected chi connectivity index (χ3v) is 5.24. The highest BCUT2D eigenvalue weighted by atomic mass is 32.1. The minimum Gasteiger partial charge on any atom is -0.450 e. The van der Waals surface area contributed by atoms with Crippen molar-refractivity contribution in [2.45, 2.75) is 39.2 Å². The number of nitrogens with zero attached hydrogens (tertiary/aromatic N) is 2. The molecular formula is C17H19N3O6S. The van der Waals surface area contributed by atoms with Crippen molar-refractivity contribution < 1.29 is 29.1 Å². The molecule has 4 rings (SSSR count). The highest BCUT2D eigenvalue weighted by Gasteiger charge is 2.27. The molecule has 1 aliphatic carbocycles. The molecule has 3 heterocycles. The van der Waals surface area contributed by atoms with Crippen LogP contribution < -0.4 is 5.32 Å². The van der Waals surface area contributed by atoms with Gasteiger partial charge < -0.3 is 24.8 Å². The van der Waals surface area contributed by atoms with Crippen molar-refractivity contribution in [3.8, 4) is 11.5 Å². The average molecular weight is 393 g/mol. The van der Waals surface area contributed by atoms with Crippen LogP contribution in [0.5, 0.6) is 0 Å². The number of hydrogen-bond donors (Lipinski definition) is 3. The Morgan fingerprint density at radius 2 is 2.07 bits per heavy atom. The Bertz CT molecular complexity index is 881. The fourth-order valence-corrected chi connectivity index (χ4v) is 4.18. The van der Waals surface area contributed by atoms with Crippen LogP contribution in [0.4, 0.5) is 9.80 Å². The minimum atomic E-state index is -1.83. The quantitative estimate of drug-likeness (QED) is 0.721. The lowest BCUT2D eigenvalue weighted by molar-refractivity contribution is -0.112. The fraction of sp³-hybridized carbons (Fsp3) is 0.412. The lowest BCUT2D eigenvalue weighted by Gasteiger charge is -2.12. The normalized spacial score (nSPS) is 15.4. The zero-order valence-electron chi connectivity index (χ0n) is 14.7. The van der Waals surface area contributed by atoms with Crippen LogP contribution in [0.25, 0.3) is 11.5 Å². The third-order valence-electron chi connectivity index (χ3n) is 4.12. The summed E-state index contributed by atoms with van der Waals surface area (Å²) in [6, 6.07) is 0. The molecule has 0 aromatic carbocycles. The Morgan fingerprint density at radius 3 is 2.70 bits per heavy atom. The van der Waals surface area contributed by atoms with Crippen molar-refractivity contribution in [1.29, 1.82) is 0 Å². The summed E-state index contributed by atoms with van der Waals surface area (Å²) in [5.41, 5.74) is 2.88. The van der Waals surface area contributed by atoms with Crippen molar-refractivity contribution in [3.05, 3.63) is 27.9 Å². The first kappa shape index (κ1) is 19.1. The molecule has 10 heteroatoms. The van der Waals surface area contributed by atoms with Gasteiger partial charge in [-0.1, -0.05) is 11.2 Å². The highest BCUT2D eigenvalue weighted by molar-refractivity contribution is 7.17. The molecule has 0 fully saturated rings. The van der Waals surface area contributed by atoms with Gasteiger partial charge in [0, 0.05) is 10.5 Å². The number of anilines is 1. The Hall–Kier alpha value is -2.72. The van der Waals surface area contributed by atoms with Crippen molar-refractivity contribution >= 4 is 28.4 Å². The number of amides is 1. The number of allylic oxidation sites excluding steroid dienone is 1. The van der Waals surface area contributed by atoms with Crippen LogP contribution in [0, 0.1) is 6.92 Å². The standard InChI is InChI=1S/C16H17N3O3S.CH2O3/c1-9-17-15(22-19-9)13-11-6-7-21-8-12(11)23-16(13)18-14(20)10-4-2-3-5-10;2-1(3)4/h4H,2-3,5-8H2,1H3,(H,18,20);(H2,2,3,4). The van der Waals surface area contributed by atoms with E-state index < -0.39 is 6.16 Å². The summed E-state index contributed by atoms with van der Waals surface area (Å²) in [5.74, 6) is 1.03. The van der Waals surface area contributed by atoms with Gasteiger partial charge in [0.1, 0.15) is 5.00 Å². The van der Waals surface area contributed by atoms with E-state index >= 15 is 0 Å². The van der Waals surface area contributed by atoms with Crippen LogP contribution in [-0.4, -0.2) is 39.0 Å². The van der Waals surface area contributed by atoms with E-state index in [1.807, 2.05) is 6.08 Å². The van der Waals surface area contributed by atoms with E-state index in [0.717, 1.165) is 52.3 Å². The highest BCUT2D eigenvalue weighted by Crippen LogP contribution is 2.42. The summed E-state index contributed by atoms with van der Waals surface area (Å²) < 4.78 is 10.9. The largest absolute Gasteiger partial charge is 0.503 e. The zero-order valence-corrected chi connectivity index (χ0v) is 15.5. The first-order valence-corrected chi connectivity index (χ1v) is 9.22. The number of carbonyl (C=O) groups excluding carboxylic acids is 1. The molecule has 1 aliphatic heterocycles. The van der Waals surface area contributed by atoms with Crippen molar-refractivity contribution in [2.24, 2.45) is 0 Å². The van der Waals surface area contributed by atoms with Gasteiger partial charge in [0.05, 0.1) is 18.8 Å². The lowest BCUT2D eigenvalue weighted by atomic mass is 10.1. The Kier molecular flexibility index (Phi) is 5.87. The van der Waals surface area contributed by atoms with E-state index in [2.05, 4.69) is 15.5 Å². The molecule has 2 aromatic rings. The van der Waals surface area contributed by atoms with Crippen molar-refractivity contribution in [1.82, 2.24) is 10.1 Å². The predicted molar refractivity (Wildman–Crippen MR) is 96.9 cm³/mol. The number of thiophene rings is 1. The second-order valence-corrected chi connectivity index (χ2v) is 7.12. The maximum absolute atomic E-state index is 12.4. The summed E-state index contributed by atoms with van der Waals surface area (Å²) in [6.45, 7) is 3.03. The summed E-state index contributed by atoms with van der Waals surface area (Å²) >= 11 is 1.54. The number of carbonyl (C=O) groups is 2. The van der Waals surface area contributed by atoms with E-state index in [1.54, 1.807) is 18.3 Å². The molecule has 3 N–H and O–H groups in total. The monoisotopic (exact) mass is 393 g/mol. The summed E-state index contributed by atoms with van der Waals surface area (Å²) in [4.78, 5) is 26.5. The first-order chi connectivity index (χ1) is 13.0. The fourth-order valence-electron chi connectivity index (χ4n) is 3.01. The molecular weight excluding hydrogens is 374 g/mol. The van der Waals surface area contributed by atoms with Crippen molar-refractivity contribution in [3.63, 3.8) is 0 Å². The average Bonchev–Trinajstić information content (AvgIpc) is 3.33.